The van der Waals surface area contributed by atoms with Gasteiger partial charge in [-0.1, -0.05) is 224 Å². The van der Waals surface area contributed by atoms with Crippen molar-refractivity contribution in [1.29, 1.82) is 0 Å². The quantitative estimate of drug-likeness (QED) is 0.133. The maximum Gasteiger partial charge on any atom is 0.135 e. The highest BCUT2D eigenvalue weighted by Crippen LogP contribution is 2.38. The highest BCUT2D eigenvalue weighted by atomic mass is 16.3. The molecule has 0 fully saturated rings. The average Bonchev–Trinajstić information content (AvgIpc) is 3.74. The summed E-state index contributed by atoms with van der Waals surface area (Å²) < 4.78 is 6.12. The van der Waals surface area contributed by atoms with Crippen molar-refractivity contribution in [3.8, 4) is 66.8 Å². The van der Waals surface area contributed by atoms with Crippen LogP contribution in [-0.2, 0) is 0 Å². The first kappa shape index (κ1) is 37.0. The molecule has 0 atom stereocenters. The molecule has 0 aliphatic carbocycles. The fraction of sp³-hybridized carbons (Fsp3) is 0.0164. The summed E-state index contributed by atoms with van der Waals surface area (Å²) in [5.41, 5.74) is 20.1. The van der Waals surface area contributed by atoms with Gasteiger partial charge in [-0.15, -0.1) is 0 Å². The van der Waals surface area contributed by atoms with Crippen LogP contribution in [0.25, 0.3) is 88.7 Å². The lowest BCUT2D eigenvalue weighted by atomic mass is 9.83. The highest BCUT2D eigenvalue weighted by molar-refractivity contribution is 6.06. The van der Waals surface area contributed by atoms with Crippen molar-refractivity contribution in [2.75, 3.05) is 0 Å². The Labute approximate surface area is 362 Å². The molecule has 62 heavy (non-hydrogen) atoms. The van der Waals surface area contributed by atoms with Crippen molar-refractivity contribution < 1.29 is 4.42 Å². The standard InChI is InChI=1S/C61H42O/c1-3-10-42(11-4-1)44-18-22-46(23-19-44)48-26-32-51(33-27-48)61(52-34-28-49(29-35-52)47-24-20-45(21-25-47)43-12-5-2-6-13-43)53-36-30-50(31-37-53)54-14-9-15-55(40-54)56-38-39-60-58(41-56)57-16-7-8-17-59(57)62-60/h1-41,61H. The van der Waals surface area contributed by atoms with Gasteiger partial charge >= 0.3 is 0 Å². The van der Waals surface area contributed by atoms with E-state index in [9.17, 15) is 0 Å². The Morgan fingerprint density at radius 3 is 0.984 bits per heavy atom. The van der Waals surface area contributed by atoms with Crippen LogP contribution < -0.4 is 0 Å². The number of furan rings is 1. The summed E-state index contributed by atoms with van der Waals surface area (Å²) in [7, 11) is 0. The molecular formula is C61H42O. The summed E-state index contributed by atoms with van der Waals surface area (Å²) >= 11 is 0. The van der Waals surface area contributed by atoms with Gasteiger partial charge in [0.1, 0.15) is 11.2 Å². The van der Waals surface area contributed by atoms with Crippen LogP contribution in [-0.4, -0.2) is 0 Å². The van der Waals surface area contributed by atoms with Crippen LogP contribution in [0.2, 0.25) is 0 Å². The zero-order valence-corrected chi connectivity index (χ0v) is 34.2. The maximum absolute atomic E-state index is 6.12. The molecule has 0 aliphatic heterocycles. The van der Waals surface area contributed by atoms with Gasteiger partial charge in [0.05, 0.1) is 0 Å². The van der Waals surface area contributed by atoms with Crippen LogP contribution in [0.1, 0.15) is 22.6 Å². The molecule has 0 spiro atoms. The second-order valence-corrected chi connectivity index (χ2v) is 16.1. The summed E-state index contributed by atoms with van der Waals surface area (Å²) in [6, 6.07) is 90.0. The molecule has 1 aromatic heterocycles. The van der Waals surface area contributed by atoms with Crippen molar-refractivity contribution in [2.24, 2.45) is 0 Å². The van der Waals surface area contributed by atoms with Crippen LogP contribution in [0.5, 0.6) is 0 Å². The van der Waals surface area contributed by atoms with E-state index < -0.39 is 0 Å². The summed E-state index contributed by atoms with van der Waals surface area (Å²) in [6.45, 7) is 0. The minimum atomic E-state index is 0.0518. The first-order valence-corrected chi connectivity index (χ1v) is 21.3. The van der Waals surface area contributed by atoms with E-state index in [4.69, 9.17) is 4.42 Å². The van der Waals surface area contributed by atoms with E-state index in [1.54, 1.807) is 0 Å². The predicted octanol–water partition coefficient (Wildman–Crippen LogP) is 16.8. The molecule has 11 aromatic rings. The third-order valence-corrected chi connectivity index (χ3v) is 12.3. The van der Waals surface area contributed by atoms with Gasteiger partial charge < -0.3 is 4.42 Å². The molecule has 1 nitrogen and oxygen atoms in total. The number of rotatable bonds is 9. The molecule has 11 rings (SSSR count). The summed E-state index contributed by atoms with van der Waals surface area (Å²) in [5, 5.41) is 2.28. The molecule has 0 amide bonds. The number of para-hydroxylation sites is 1. The molecule has 0 radical (unpaired) electrons. The molecule has 10 aromatic carbocycles. The Morgan fingerprint density at radius 2 is 0.516 bits per heavy atom. The second kappa shape index (κ2) is 16.2. The molecule has 1 heteroatoms. The molecule has 1 heterocycles. The smallest absolute Gasteiger partial charge is 0.135 e. The van der Waals surface area contributed by atoms with Gasteiger partial charge in [0, 0.05) is 16.7 Å². The van der Waals surface area contributed by atoms with Crippen molar-refractivity contribution in [3.63, 3.8) is 0 Å². The fourth-order valence-corrected chi connectivity index (χ4v) is 8.94. The largest absolute Gasteiger partial charge is 0.456 e. The first-order valence-electron chi connectivity index (χ1n) is 21.3. The fourth-order valence-electron chi connectivity index (χ4n) is 8.94. The van der Waals surface area contributed by atoms with Crippen molar-refractivity contribution >= 4 is 21.9 Å². The zero-order valence-electron chi connectivity index (χ0n) is 34.2. The van der Waals surface area contributed by atoms with Crippen LogP contribution in [0.15, 0.2) is 253 Å². The van der Waals surface area contributed by atoms with Gasteiger partial charge in [-0.3, -0.25) is 0 Å². The first-order chi connectivity index (χ1) is 30.7. The van der Waals surface area contributed by atoms with Gasteiger partial charge in [-0.2, -0.15) is 0 Å². The zero-order chi connectivity index (χ0) is 41.2. The van der Waals surface area contributed by atoms with Crippen LogP contribution in [0.3, 0.4) is 0 Å². The number of hydrogen-bond donors (Lipinski definition) is 0. The summed E-state index contributed by atoms with van der Waals surface area (Å²) in [4.78, 5) is 0. The Hall–Kier alpha value is -8.00. The lowest BCUT2D eigenvalue weighted by molar-refractivity contribution is 0.669. The van der Waals surface area contributed by atoms with E-state index in [1.807, 2.05) is 12.1 Å². The molecule has 0 saturated heterocycles. The number of hydrogen-bond acceptors (Lipinski definition) is 1. The summed E-state index contributed by atoms with van der Waals surface area (Å²) in [5.74, 6) is 0.0518. The van der Waals surface area contributed by atoms with E-state index in [1.165, 1.54) is 83.5 Å². The van der Waals surface area contributed by atoms with E-state index in [0.717, 1.165) is 21.9 Å². The van der Waals surface area contributed by atoms with E-state index in [2.05, 4.69) is 237 Å². The normalized spacial score (nSPS) is 11.4. The Morgan fingerprint density at radius 1 is 0.210 bits per heavy atom. The lowest BCUT2D eigenvalue weighted by Gasteiger charge is -2.20. The Balaban J connectivity index is 0.909. The minimum Gasteiger partial charge on any atom is -0.456 e. The summed E-state index contributed by atoms with van der Waals surface area (Å²) in [6.07, 6.45) is 0. The van der Waals surface area contributed by atoms with Crippen molar-refractivity contribution in [3.05, 3.63) is 265 Å². The molecule has 292 valence electrons. The predicted molar refractivity (Wildman–Crippen MR) is 260 cm³/mol. The molecular weight excluding hydrogens is 749 g/mol. The molecule has 0 saturated carbocycles. The van der Waals surface area contributed by atoms with E-state index in [-0.39, 0.29) is 5.92 Å². The third-order valence-electron chi connectivity index (χ3n) is 12.3. The SMILES string of the molecule is c1ccc(-c2ccc(-c3ccc(C(c4ccc(-c5ccc(-c6ccccc6)cc5)cc4)c4ccc(-c5cccc(-c6ccc7oc8ccccc8c7c6)c5)cc4)cc3)cc2)cc1. The maximum atomic E-state index is 6.12. The van der Waals surface area contributed by atoms with Gasteiger partial charge in [-0.25, -0.2) is 0 Å². The van der Waals surface area contributed by atoms with Crippen molar-refractivity contribution in [1.82, 2.24) is 0 Å². The average molecular weight is 791 g/mol. The Bertz CT molecular complexity index is 3140. The van der Waals surface area contributed by atoms with Gasteiger partial charge in [0.25, 0.3) is 0 Å². The van der Waals surface area contributed by atoms with E-state index >= 15 is 0 Å². The lowest BCUT2D eigenvalue weighted by Crippen LogP contribution is -2.03. The highest BCUT2D eigenvalue weighted by Gasteiger charge is 2.18. The van der Waals surface area contributed by atoms with Crippen LogP contribution in [0.4, 0.5) is 0 Å². The molecule has 0 aliphatic rings. The minimum absolute atomic E-state index is 0.0518. The monoisotopic (exact) mass is 790 g/mol. The van der Waals surface area contributed by atoms with Gasteiger partial charge in [0.2, 0.25) is 0 Å². The number of fused-ring (bicyclic) bond motifs is 3. The second-order valence-electron chi connectivity index (χ2n) is 16.1. The molecule has 0 N–H and O–H groups in total. The van der Waals surface area contributed by atoms with Crippen LogP contribution in [0, 0.1) is 0 Å². The molecule has 0 unspecified atom stereocenters. The molecule has 0 bridgehead atoms. The number of benzene rings is 10. The van der Waals surface area contributed by atoms with Gasteiger partial charge in [0.15, 0.2) is 0 Å². The van der Waals surface area contributed by atoms with Gasteiger partial charge in [-0.05, 0) is 108 Å². The van der Waals surface area contributed by atoms with Crippen molar-refractivity contribution in [2.45, 2.75) is 5.92 Å². The topological polar surface area (TPSA) is 13.1 Å². The van der Waals surface area contributed by atoms with E-state index in [0.29, 0.717) is 0 Å². The Kier molecular flexibility index (Phi) is 9.69. The third kappa shape index (κ3) is 7.31. The van der Waals surface area contributed by atoms with Crippen LogP contribution >= 0.6 is 0 Å².